The molecule has 1 saturated heterocycles. The van der Waals surface area contributed by atoms with E-state index < -0.39 is 47.4 Å². The number of ether oxygens (including phenoxy) is 7. The van der Waals surface area contributed by atoms with Gasteiger partial charge in [-0.15, -0.1) is 21.5 Å². The minimum atomic E-state index is -0.638. The standard InChI is InChI=1S/C81H104ClN23O16S/c1-52-53(2)122-81-70(52)71(55-9-11-56(82)12-10-55)91-61(72-97-96-54(3)105(72)81)47-69(109)88-57-13-15-60(16-14-57)121-44-43-120-42-41-119-40-37-117-34-31-104-28-26-103(27-29-104)30-33-116-36-39-118-38-35-115-32-24-83-66(106)17-20-87-78(112)74-94-64(50-101(74)7)92-67(107)18-21-86-77(111)63-46-59(49-100(63)6)90-80(114)75-95-65(51-102(75)8)93-68(108)19-22-85-76(110)62-45-58(48-99(62)5)89-79(113)73-84-23-25-98(73)4/h9-16,23,25,45-46,48-51,61H,17-22,24,26-44,47H2,1-8H3,(H,83,106)(H,85,110)(H,86,111)(H,87,112)(H,88,109)(H,89,113)(H,90,114)(H,92,107)(H,93,108)/t61-/m0/s1. The zero-order valence-corrected chi connectivity index (χ0v) is 71.1. The highest BCUT2D eigenvalue weighted by molar-refractivity contribution is 7.15. The average molecular weight is 1720 g/mol. The number of benzene rings is 2. The molecule has 0 unspecified atom stereocenters. The Morgan fingerprint density at radius 3 is 1.50 bits per heavy atom. The number of carbonyl (C=O) groups excluding carboxylic acids is 9. The third-order valence-corrected chi connectivity index (χ3v) is 21.1. The van der Waals surface area contributed by atoms with Crippen LogP contribution in [0.3, 0.4) is 0 Å². The fourth-order valence-corrected chi connectivity index (χ4v) is 14.5. The first-order valence-electron chi connectivity index (χ1n) is 39.9. The van der Waals surface area contributed by atoms with E-state index in [0.29, 0.717) is 107 Å². The predicted molar refractivity (Wildman–Crippen MR) is 454 cm³/mol. The Labute approximate surface area is 713 Å². The van der Waals surface area contributed by atoms with Gasteiger partial charge in [0, 0.05) is 184 Å². The maximum absolute atomic E-state index is 13.6. The van der Waals surface area contributed by atoms with Crippen LogP contribution in [0.25, 0.3) is 5.00 Å². The molecule has 0 radical (unpaired) electrons. The molecule has 9 heterocycles. The number of anilines is 5. The summed E-state index contributed by atoms with van der Waals surface area (Å²) in [5.41, 5.74) is 5.51. The molecule has 7 aromatic heterocycles. The minimum absolute atomic E-state index is 0.00465. The molecule has 11 rings (SSSR count). The van der Waals surface area contributed by atoms with Crippen molar-refractivity contribution in [3.63, 3.8) is 0 Å². The van der Waals surface area contributed by atoms with Crippen LogP contribution in [0.15, 0.2) is 103 Å². The summed E-state index contributed by atoms with van der Waals surface area (Å²) in [5, 5.41) is 34.9. The van der Waals surface area contributed by atoms with Crippen LogP contribution in [0, 0.1) is 20.8 Å². The Kier molecular flexibility index (Phi) is 33.6. The van der Waals surface area contributed by atoms with E-state index in [4.69, 9.17) is 49.8 Å². The highest BCUT2D eigenvalue weighted by atomic mass is 35.5. The van der Waals surface area contributed by atoms with Gasteiger partial charge in [-0.25, -0.2) is 15.0 Å². The largest absolute Gasteiger partial charge is 0.491 e. The third-order valence-electron chi connectivity index (χ3n) is 19.6. The van der Waals surface area contributed by atoms with Gasteiger partial charge in [0.1, 0.15) is 40.6 Å². The van der Waals surface area contributed by atoms with Gasteiger partial charge in [-0.2, -0.15) is 0 Å². The number of aryl methyl sites for hydroxylation is 7. The van der Waals surface area contributed by atoms with Crippen LogP contribution in [0.1, 0.15) is 118 Å². The molecule has 0 bridgehead atoms. The SMILES string of the molecule is Cc1sc2c(c1C)C(c1ccc(Cl)cc1)=N[C@@H](CC(=O)Nc1ccc(OCCOCCOCCOCCN3CCN(CCOCCOCCOCCNC(=O)CCNC(=O)c4nc(NC(=O)CCNC(=O)c5cc(NC(=O)c6nc(NC(=O)CCNC(=O)c7cc(NC(=O)c8nccn8C)cn7C)cn6C)cn5C)cn4C)CC3)cc1)c1nnc(C)n1-2. The maximum Gasteiger partial charge on any atom is 0.291 e. The Morgan fingerprint density at radius 1 is 0.475 bits per heavy atom. The molecule has 2 aliphatic rings. The number of piperazine rings is 1. The molecule has 39 nitrogen and oxygen atoms in total. The zero-order valence-electron chi connectivity index (χ0n) is 69.5. The van der Waals surface area contributed by atoms with Crippen LogP contribution in [-0.4, -0.2) is 273 Å². The van der Waals surface area contributed by atoms with E-state index in [0.717, 1.165) is 72.5 Å². The normalized spacial score (nSPS) is 13.3. The summed E-state index contributed by atoms with van der Waals surface area (Å²) < 4.78 is 49.6. The zero-order chi connectivity index (χ0) is 86.6. The molecule has 122 heavy (non-hydrogen) atoms. The number of thiophene rings is 1. The average Bonchev–Trinajstić information content (AvgIpc) is 1.59. The van der Waals surface area contributed by atoms with Crippen molar-refractivity contribution in [2.75, 3.05) is 178 Å². The summed E-state index contributed by atoms with van der Waals surface area (Å²) in [6, 6.07) is 17.2. The highest BCUT2D eigenvalue weighted by Crippen LogP contribution is 2.40. The maximum atomic E-state index is 13.6. The number of rotatable bonds is 47. The highest BCUT2D eigenvalue weighted by Gasteiger charge is 2.33. The lowest BCUT2D eigenvalue weighted by Gasteiger charge is -2.34. The monoisotopic (exact) mass is 1720 g/mol. The molecule has 9 N–H and O–H groups in total. The second kappa shape index (κ2) is 45.1. The van der Waals surface area contributed by atoms with Crippen molar-refractivity contribution in [3.05, 3.63) is 165 Å². The number of halogens is 1. The van der Waals surface area contributed by atoms with Gasteiger partial charge in [0.2, 0.25) is 35.3 Å². The van der Waals surface area contributed by atoms with Crippen molar-refractivity contribution in [2.45, 2.75) is 52.5 Å². The quantitative estimate of drug-likeness (QED) is 0.0232. The van der Waals surface area contributed by atoms with Crippen molar-refractivity contribution in [1.82, 2.24) is 83.6 Å². The Balaban J connectivity index is 0.443. The molecule has 0 saturated carbocycles. The van der Waals surface area contributed by atoms with Crippen molar-refractivity contribution in [2.24, 2.45) is 40.2 Å². The molecular formula is C81H104ClN23O16S. The van der Waals surface area contributed by atoms with E-state index >= 15 is 0 Å². The van der Waals surface area contributed by atoms with Gasteiger partial charge in [0.05, 0.1) is 103 Å². The smallest absolute Gasteiger partial charge is 0.291 e. The van der Waals surface area contributed by atoms with E-state index in [9.17, 15) is 43.2 Å². The molecule has 1 fully saturated rings. The molecule has 0 aliphatic carbocycles. The van der Waals surface area contributed by atoms with E-state index in [1.165, 1.54) is 60.1 Å². The predicted octanol–water partition coefficient (Wildman–Crippen LogP) is 4.76. The van der Waals surface area contributed by atoms with Crippen LogP contribution >= 0.6 is 22.9 Å². The lowest BCUT2D eigenvalue weighted by atomic mass is 9.99. The first-order chi connectivity index (χ1) is 58.9. The molecular weight excluding hydrogens is 1620 g/mol. The number of amides is 9. The lowest BCUT2D eigenvalue weighted by Crippen LogP contribution is -2.48. The summed E-state index contributed by atoms with van der Waals surface area (Å²) in [6.45, 7) is 17.5. The van der Waals surface area contributed by atoms with E-state index in [1.54, 1.807) is 75.7 Å². The summed E-state index contributed by atoms with van der Waals surface area (Å²) in [5.74, 6) is -1.82. The first-order valence-corrected chi connectivity index (χ1v) is 41.1. The third kappa shape index (κ3) is 26.3. The molecule has 1 atom stereocenters. The van der Waals surface area contributed by atoms with Gasteiger partial charge in [0.15, 0.2) is 23.3 Å². The fourth-order valence-electron chi connectivity index (χ4n) is 13.1. The molecule has 2 aromatic carbocycles. The molecule has 652 valence electrons. The van der Waals surface area contributed by atoms with Gasteiger partial charge in [0.25, 0.3) is 29.5 Å². The van der Waals surface area contributed by atoms with Gasteiger partial charge in [-0.05, 0) is 74.9 Å². The summed E-state index contributed by atoms with van der Waals surface area (Å²) >= 11 is 7.93. The topological polar surface area (TPSA) is 439 Å². The number of fused-ring (bicyclic) bond motifs is 3. The molecule has 9 amide bonds. The van der Waals surface area contributed by atoms with E-state index in [1.807, 2.05) is 47.9 Å². The second-order valence-electron chi connectivity index (χ2n) is 28.7. The van der Waals surface area contributed by atoms with Crippen molar-refractivity contribution in [1.29, 1.82) is 0 Å². The number of hydrogen-bond donors (Lipinski definition) is 9. The van der Waals surface area contributed by atoms with Crippen LogP contribution in [-0.2, 0) is 82.8 Å². The lowest BCUT2D eigenvalue weighted by molar-refractivity contribution is -0.121. The van der Waals surface area contributed by atoms with Gasteiger partial charge < -0.3 is 104 Å². The Bertz CT molecular complexity index is 5110. The minimum Gasteiger partial charge on any atom is -0.491 e. The number of nitrogens with one attached hydrogen (secondary N) is 9. The fraction of sp³-hybridized carbons (Fsp3) is 0.444. The van der Waals surface area contributed by atoms with Crippen LogP contribution in [0.5, 0.6) is 5.75 Å². The summed E-state index contributed by atoms with van der Waals surface area (Å²) in [6.07, 6.45) is 8.91. The van der Waals surface area contributed by atoms with Crippen molar-refractivity contribution in [3.8, 4) is 10.8 Å². The number of nitrogens with zero attached hydrogens (tertiary/aromatic N) is 14. The summed E-state index contributed by atoms with van der Waals surface area (Å²) in [7, 11) is 8.06. The van der Waals surface area contributed by atoms with Crippen molar-refractivity contribution >= 4 is 111 Å². The van der Waals surface area contributed by atoms with Crippen LogP contribution in [0.4, 0.5) is 28.7 Å². The summed E-state index contributed by atoms with van der Waals surface area (Å²) in [4.78, 5) is 140. The molecule has 2 aliphatic heterocycles. The molecule has 9 aromatic rings. The van der Waals surface area contributed by atoms with E-state index in [2.05, 4.69) is 96.6 Å². The van der Waals surface area contributed by atoms with Crippen molar-refractivity contribution < 1.29 is 76.3 Å². The van der Waals surface area contributed by atoms with Gasteiger partial charge in [-0.3, -0.25) is 62.5 Å². The molecule has 41 heteroatoms. The van der Waals surface area contributed by atoms with Gasteiger partial charge in [-0.1, -0.05) is 23.7 Å². The molecule has 0 spiro atoms. The van der Waals surface area contributed by atoms with E-state index in [-0.39, 0.29) is 116 Å². The number of aromatic nitrogens is 11. The number of hydrogen-bond acceptors (Lipinski definition) is 25. The number of imidazole rings is 3. The van der Waals surface area contributed by atoms with Crippen LogP contribution in [0.2, 0.25) is 5.02 Å². The first kappa shape index (κ1) is 90.9. The van der Waals surface area contributed by atoms with Gasteiger partial charge >= 0.3 is 0 Å². The number of aliphatic imine (C=N–C) groups is 1. The Morgan fingerprint density at radius 2 is 0.967 bits per heavy atom. The second-order valence-corrected chi connectivity index (χ2v) is 30.3. The van der Waals surface area contributed by atoms with Crippen LogP contribution < -0.4 is 52.6 Å². The Hall–Kier alpha value is -11.9. The number of carbonyl (C=O) groups is 9.